The summed E-state index contributed by atoms with van der Waals surface area (Å²) in [6.07, 6.45) is -20.1. The van der Waals surface area contributed by atoms with Gasteiger partial charge in [-0.15, -0.1) is 0 Å². The maximum atomic E-state index is 14.0. The lowest BCUT2D eigenvalue weighted by atomic mass is 9.83. The van der Waals surface area contributed by atoms with E-state index in [0.717, 1.165) is 0 Å². The van der Waals surface area contributed by atoms with Crippen LogP contribution in [0.3, 0.4) is 0 Å². The first-order valence-corrected chi connectivity index (χ1v) is 17.2. The van der Waals surface area contributed by atoms with Crippen LogP contribution < -0.4 is 39.3 Å². The van der Waals surface area contributed by atoms with Crippen molar-refractivity contribution < 1.29 is 77.7 Å². The molecule has 4 aliphatic rings. The number of nitrogens with two attached hydrogens (primary N) is 5. The van der Waals surface area contributed by atoms with Gasteiger partial charge in [-0.3, -0.25) is 4.79 Å². The lowest BCUT2D eigenvalue weighted by molar-refractivity contribution is -0.290. The number of rotatable bonds is 16. The molecule has 304 valence electrons. The fourth-order valence-electron chi connectivity index (χ4n) is 6.64. The Bertz CT molecular complexity index is 1130. The molecule has 0 radical (unpaired) electrons. The summed E-state index contributed by atoms with van der Waals surface area (Å²) in [7, 11) is 0. The van der Waals surface area contributed by atoms with E-state index in [9.17, 15) is 44.2 Å². The average Bonchev–Trinajstić information content (AvgIpc) is 3.42. The van der Waals surface area contributed by atoms with E-state index in [1.165, 1.54) is 0 Å². The van der Waals surface area contributed by atoms with E-state index in [4.69, 9.17) is 62.2 Å². The second kappa shape index (κ2) is 18.9. The summed E-state index contributed by atoms with van der Waals surface area (Å²) in [4.78, 5) is 12.6. The van der Waals surface area contributed by atoms with Gasteiger partial charge in [-0.05, 0) is 19.3 Å². The Morgan fingerprint density at radius 1 is 0.827 bits per heavy atom. The third-order valence-corrected chi connectivity index (χ3v) is 9.75. The first-order chi connectivity index (χ1) is 24.6. The van der Waals surface area contributed by atoms with Gasteiger partial charge < -0.3 is 103 Å². The van der Waals surface area contributed by atoms with Gasteiger partial charge in [0.05, 0.1) is 44.0 Å². The van der Waals surface area contributed by atoms with Crippen LogP contribution in [-0.2, 0) is 33.2 Å². The molecular formula is C29H55F2N7O14. The predicted molar refractivity (Wildman–Crippen MR) is 170 cm³/mol. The number of ether oxygens (including phenoxy) is 6. The Balaban J connectivity index is 1.56. The number of hydrogen-bond acceptors (Lipinski definition) is 20. The smallest absolute Gasteiger partial charge is 0.294 e. The van der Waals surface area contributed by atoms with Crippen LogP contribution in [-0.4, -0.2) is 197 Å². The molecule has 4 rings (SSSR count). The Morgan fingerprint density at radius 2 is 1.48 bits per heavy atom. The number of halogens is 2. The van der Waals surface area contributed by atoms with Crippen LogP contribution >= 0.6 is 0 Å². The van der Waals surface area contributed by atoms with Gasteiger partial charge >= 0.3 is 0 Å². The Labute approximate surface area is 297 Å². The minimum atomic E-state index is -4.00. The number of alkyl halides is 2. The molecule has 3 aliphatic heterocycles. The summed E-state index contributed by atoms with van der Waals surface area (Å²) < 4.78 is 63.5. The molecule has 0 aromatic heterocycles. The molecule has 0 spiro atoms. The lowest BCUT2D eigenvalue weighted by Crippen LogP contribution is -2.67. The molecule has 3 heterocycles. The van der Waals surface area contributed by atoms with Crippen LogP contribution in [0.5, 0.6) is 0 Å². The van der Waals surface area contributed by atoms with Crippen molar-refractivity contribution in [1.29, 1.82) is 0 Å². The molecule has 18 atom stereocenters. The van der Waals surface area contributed by atoms with Gasteiger partial charge in [0.15, 0.2) is 25.0 Å². The zero-order valence-electron chi connectivity index (χ0n) is 28.4. The van der Waals surface area contributed by atoms with Gasteiger partial charge in [-0.2, -0.15) is 0 Å². The third-order valence-electron chi connectivity index (χ3n) is 9.75. The minimum absolute atomic E-state index is 0.101. The molecule has 0 aromatic rings. The molecular weight excluding hydrogens is 708 g/mol. The normalized spacial score (nSPS) is 43.7. The summed E-state index contributed by atoms with van der Waals surface area (Å²) in [5, 5.41) is 77.8. The SMILES string of the molecule is NC[C@@H]1O[C@H](O[C@H]2[C@@H](O)[C@H](O[C@@H]3[C@@H](O)[C@H](NC(=O)C(O)C(F)(F)CN)C[C@H](N)[C@H]3O[C@H]3O[C@H](CNCCO)CC[C@H]3N)O[C@@H]2CO)[C@H](N)[C@@H](O)[C@@H]1O. The monoisotopic (exact) mass is 763 g/mol. The summed E-state index contributed by atoms with van der Waals surface area (Å²) in [6.45, 7) is -1.76. The molecule has 19 N–H and O–H groups in total. The van der Waals surface area contributed by atoms with Gasteiger partial charge in [0, 0.05) is 25.7 Å². The zero-order chi connectivity index (χ0) is 38.5. The van der Waals surface area contributed by atoms with Crippen molar-refractivity contribution >= 4 is 5.91 Å². The molecule has 0 bridgehead atoms. The number of amides is 1. The van der Waals surface area contributed by atoms with Crippen LogP contribution in [0.4, 0.5) is 8.78 Å². The van der Waals surface area contributed by atoms with Crippen LogP contribution in [0.2, 0.25) is 0 Å². The second-order valence-corrected chi connectivity index (χ2v) is 13.5. The van der Waals surface area contributed by atoms with E-state index < -0.39 is 135 Å². The van der Waals surface area contributed by atoms with Crippen LogP contribution in [0.25, 0.3) is 0 Å². The van der Waals surface area contributed by atoms with Crippen molar-refractivity contribution in [1.82, 2.24) is 10.6 Å². The zero-order valence-corrected chi connectivity index (χ0v) is 28.4. The lowest BCUT2D eigenvalue weighted by Gasteiger charge is -2.47. The Morgan fingerprint density at radius 3 is 2.12 bits per heavy atom. The van der Waals surface area contributed by atoms with E-state index in [-0.39, 0.29) is 19.6 Å². The fraction of sp³-hybridized carbons (Fsp3) is 0.966. The standard InChI is InChI=1S/C29H55F2N7O14/c30-29(31,9-33)24(45)25(46)38-13-5-12(35)21(50-26-11(34)2-1-10(47-26)7-37-3-4-39)23(17(13)41)52-28-20(44)22(15(8-40)49-28)51-27-16(36)19(43)18(42)14(6-32)48-27/h10-24,26-28,37,39-45H,1-9,32-36H2,(H,38,46)/t10-,11+,12-,13+,14-,15+,16+,17-,18+,19+,20+,21+,22+,23+,24?,26+,27+,28-/m0/s1. The first-order valence-electron chi connectivity index (χ1n) is 17.2. The first kappa shape index (κ1) is 43.3. The van der Waals surface area contributed by atoms with Gasteiger partial charge in [0.2, 0.25) is 0 Å². The number of aliphatic hydroxyl groups excluding tert-OH is 7. The highest BCUT2D eigenvalue weighted by Crippen LogP contribution is 2.35. The Hall–Kier alpha value is -1.43. The summed E-state index contributed by atoms with van der Waals surface area (Å²) in [5.41, 5.74) is 29.4. The van der Waals surface area contributed by atoms with E-state index >= 15 is 0 Å². The fourth-order valence-corrected chi connectivity index (χ4v) is 6.64. The van der Waals surface area contributed by atoms with Crippen molar-refractivity contribution in [3.63, 3.8) is 0 Å². The highest BCUT2D eigenvalue weighted by atomic mass is 19.3. The number of hydrogen-bond donors (Lipinski definition) is 14. The molecule has 52 heavy (non-hydrogen) atoms. The predicted octanol–water partition coefficient (Wildman–Crippen LogP) is -8.10. The molecule has 3 saturated heterocycles. The molecule has 1 saturated carbocycles. The quantitative estimate of drug-likeness (QED) is 0.0649. The third kappa shape index (κ3) is 9.86. The van der Waals surface area contributed by atoms with Gasteiger partial charge in [-0.1, -0.05) is 0 Å². The van der Waals surface area contributed by atoms with Crippen LogP contribution in [0.1, 0.15) is 19.3 Å². The number of aliphatic hydroxyl groups is 7. The van der Waals surface area contributed by atoms with E-state index in [2.05, 4.69) is 10.6 Å². The molecule has 1 amide bonds. The molecule has 4 fully saturated rings. The summed E-state index contributed by atoms with van der Waals surface area (Å²) >= 11 is 0. The van der Waals surface area contributed by atoms with Gasteiger partial charge in [0.1, 0.15) is 54.9 Å². The van der Waals surface area contributed by atoms with Crippen molar-refractivity contribution in [3.05, 3.63) is 0 Å². The van der Waals surface area contributed by atoms with Gasteiger partial charge in [0.25, 0.3) is 11.8 Å². The largest absolute Gasteiger partial charge is 0.395 e. The number of nitrogens with one attached hydrogen (secondary N) is 2. The van der Waals surface area contributed by atoms with Crippen LogP contribution in [0.15, 0.2) is 0 Å². The number of carbonyl (C=O) groups is 1. The van der Waals surface area contributed by atoms with E-state index in [1.54, 1.807) is 0 Å². The topological polar surface area (TPSA) is 368 Å². The molecule has 1 unspecified atom stereocenters. The molecule has 1 aliphatic carbocycles. The highest BCUT2D eigenvalue weighted by Gasteiger charge is 2.54. The van der Waals surface area contributed by atoms with Crippen molar-refractivity contribution in [3.8, 4) is 0 Å². The van der Waals surface area contributed by atoms with Gasteiger partial charge in [-0.25, -0.2) is 8.78 Å². The minimum Gasteiger partial charge on any atom is -0.395 e. The van der Waals surface area contributed by atoms with E-state index in [0.29, 0.717) is 25.9 Å². The van der Waals surface area contributed by atoms with Crippen LogP contribution in [0, 0.1) is 0 Å². The van der Waals surface area contributed by atoms with E-state index in [1.807, 2.05) is 0 Å². The Kier molecular flexibility index (Phi) is 15.8. The average molecular weight is 764 g/mol. The van der Waals surface area contributed by atoms with Crippen molar-refractivity contribution in [2.24, 2.45) is 28.7 Å². The maximum absolute atomic E-state index is 14.0. The second-order valence-electron chi connectivity index (χ2n) is 13.5. The molecule has 0 aromatic carbocycles. The molecule has 21 nitrogen and oxygen atoms in total. The number of carbonyl (C=O) groups excluding carboxylic acids is 1. The maximum Gasteiger partial charge on any atom is 0.294 e. The summed E-state index contributed by atoms with van der Waals surface area (Å²) in [6, 6.07) is -4.54. The van der Waals surface area contributed by atoms with Crippen molar-refractivity contribution in [2.45, 2.75) is 135 Å². The molecule has 23 heteroatoms. The summed E-state index contributed by atoms with van der Waals surface area (Å²) in [5.74, 6) is -5.55. The highest BCUT2D eigenvalue weighted by molar-refractivity contribution is 5.82. The van der Waals surface area contributed by atoms with Crippen molar-refractivity contribution in [2.75, 3.05) is 39.4 Å².